The highest BCUT2D eigenvalue weighted by Gasteiger charge is 2.21. The van der Waals surface area contributed by atoms with E-state index in [9.17, 15) is 0 Å². The van der Waals surface area contributed by atoms with Gasteiger partial charge in [-0.15, -0.1) is 0 Å². The number of rotatable bonds is 7. The number of anilines is 2. The molecule has 0 radical (unpaired) electrons. The predicted octanol–water partition coefficient (Wildman–Crippen LogP) is 3.32. The monoisotopic (exact) mass is 339 g/mol. The fourth-order valence-corrected chi connectivity index (χ4v) is 2.89. The molecule has 1 aliphatic heterocycles. The first-order valence-corrected chi connectivity index (χ1v) is 9.11. The molecule has 1 aromatic heterocycles. The number of hydrogen-bond acceptors (Lipinski definition) is 5. The van der Waals surface area contributed by atoms with Gasteiger partial charge in [0.05, 0.1) is 31.7 Å². The van der Waals surface area contributed by atoms with E-state index in [1.807, 2.05) is 24.4 Å². The van der Waals surface area contributed by atoms with E-state index >= 15 is 0 Å². The third-order valence-electron chi connectivity index (χ3n) is 4.70. The lowest BCUT2D eigenvalue weighted by Gasteiger charge is -2.28. The van der Waals surface area contributed by atoms with E-state index in [1.165, 1.54) is 18.4 Å². The number of benzene rings is 1. The van der Waals surface area contributed by atoms with E-state index in [1.54, 1.807) is 0 Å². The van der Waals surface area contributed by atoms with E-state index < -0.39 is 0 Å². The Morgan fingerprint density at radius 2 is 1.88 bits per heavy atom. The number of hydrogen-bond donors (Lipinski definition) is 1. The first-order valence-electron chi connectivity index (χ1n) is 9.11. The Labute approximate surface area is 149 Å². The molecule has 0 spiro atoms. The number of pyridine rings is 1. The second-order valence-corrected chi connectivity index (χ2v) is 6.75. The zero-order valence-electron chi connectivity index (χ0n) is 14.5. The minimum Gasteiger partial charge on any atom is -0.493 e. The third-order valence-corrected chi connectivity index (χ3v) is 4.70. The summed E-state index contributed by atoms with van der Waals surface area (Å²) in [5, 5.41) is 3.38. The second-order valence-electron chi connectivity index (χ2n) is 6.75. The van der Waals surface area contributed by atoms with E-state index in [2.05, 4.69) is 33.4 Å². The maximum absolute atomic E-state index is 5.77. The molecule has 0 atom stereocenters. The standard InChI is InChI=1S/C20H25N3O2/c1-2-17(1)15-25-19-6-3-16(4-7-19)13-21-20-8-5-18(14-22-20)23-9-11-24-12-10-23/h3-8,14,17H,1-2,9-13,15H2,(H,21,22). The van der Waals surface area contributed by atoms with Crippen LogP contribution in [-0.4, -0.2) is 37.9 Å². The van der Waals surface area contributed by atoms with Gasteiger partial charge in [-0.05, 0) is 48.6 Å². The summed E-state index contributed by atoms with van der Waals surface area (Å²) in [4.78, 5) is 6.83. The van der Waals surface area contributed by atoms with Crippen LogP contribution in [0.3, 0.4) is 0 Å². The minimum absolute atomic E-state index is 0.757. The number of morpholine rings is 1. The van der Waals surface area contributed by atoms with Crippen molar-refractivity contribution in [2.45, 2.75) is 19.4 Å². The summed E-state index contributed by atoms with van der Waals surface area (Å²) in [7, 11) is 0. The van der Waals surface area contributed by atoms with Crippen LogP contribution < -0.4 is 15.0 Å². The zero-order valence-corrected chi connectivity index (χ0v) is 14.5. The van der Waals surface area contributed by atoms with Gasteiger partial charge in [-0.25, -0.2) is 4.98 Å². The van der Waals surface area contributed by atoms with Gasteiger partial charge in [0.25, 0.3) is 0 Å². The zero-order chi connectivity index (χ0) is 16.9. The Morgan fingerprint density at radius 1 is 1.08 bits per heavy atom. The van der Waals surface area contributed by atoms with Crippen molar-refractivity contribution in [1.82, 2.24) is 4.98 Å². The quantitative estimate of drug-likeness (QED) is 0.838. The molecule has 1 N–H and O–H groups in total. The molecule has 0 bridgehead atoms. The van der Waals surface area contributed by atoms with Gasteiger partial charge < -0.3 is 19.7 Å². The van der Waals surface area contributed by atoms with Crippen LogP contribution in [0.25, 0.3) is 0 Å². The third kappa shape index (κ3) is 4.63. The van der Waals surface area contributed by atoms with Gasteiger partial charge in [-0.2, -0.15) is 0 Å². The van der Waals surface area contributed by atoms with Crippen molar-refractivity contribution in [2.75, 3.05) is 43.1 Å². The molecule has 1 saturated heterocycles. The predicted molar refractivity (Wildman–Crippen MR) is 99.3 cm³/mol. The summed E-state index contributed by atoms with van der Waals surface area (Å²) in [5.74, 6) is 2.64. The number of nitrogens with zero attached hydrogens (tertiary/aromatic N) is 2. The lowest BCUT2D eigenvalue weighted by Crippen LogP contribution is -2.36. The molecule has 4 rings (SSSR count). The lowest BCUT2D eigenvalue weighted by molar-refractivity contribution is 0.122. The maximum atomic E-state index is 5.77. The molecule has 2 aromatic rings. The molecular formula is C20H25N3O2. The number of ether oxygens (including phenoxy) is 2. The second kappa shape index (κ2) is 7.74. The van der Waals surface area contributed by atoms with Crippen molar-refractivity contribution in [2.24, 2.45) is 5.92 Å². The van der Waals surface area contributed by atoms with Crippen LogP contribution in [0.2, 0.25) is 0 Å². The van der Waals surface area contributed by atoms with Crippen LogP contribution >= 0.6 is 0 Å². The molecule has 0 amide bonds. The molecular weight excluding hydrogens is 314 g/mol. The van der Waals surface area contributed by atoms with Gasteiger partial charge in [0.2, 0.25) is 0 Å². The molecule has 2 fully saturated rings. The van der Waals surface area contributed by atoms with Crippen LogP contribution in [0, 0.1) is 5.92 Å². The molecule has 5 nitrogen and oxygen atoms in total. The Balaban J connectivity index is 1.27. The summed E-state index contributed by atoms with van der Waals surface area (Å²) in [6.45, 7) is 5.07. The van der Waals surface area contributed by atoms with Crippen LogP contribution in [0.15, 0.2) is 42.6 Å². The van der Waals surface area contributed by atoms with Gasteiger partial charge in [0, 0.05) is 19.6 Å². The van der Waals surface area contributed by atoms with E-state index in [0.717, 1.165) is 62.6 Å². The molecule has 1 saturated carbocycles. The van der Waals surface area contributed by atoms with E-state index in [4.69, 9.17) is 9.47 Å². The molecule has 132 valence electrons. The fraction of sp³-hybridized carbons (Fsp3) is 0.450. The summed E-state index contributed by atoms with van der Waals surface area (Å²) >= 11 is 0. The average molecular weight is 339 g/mol. The van der Waals surface area contributed by atoms with Gasteiger partial charge in [-0.1, -0.05) is 12.1 Å². The Bertz CT molecular complexity index is 662. The van der Waals surface area contributed by atoms with Crippen molar-refractivity contribution in [3.8, 4) is 5.75 Å². The highest BCUT2D eigenvalue weighted by molar-refractivity contribution is 5.50. The summed E-state index contributed by atoms with van der Waals surface area (Å²) in [6.07, 6.45) is 4.57. The minimum atomic E-state index is 0.757. The summed E-state index contributed by atoms with van der Waals surface area (Å²) in [5.41, 5.74) is 2.38. The fourth-order valence-electron chi connectivity index (χ4n) is 2.89. The largest absolute Gasteiger partial charge is 0.493 e. The highest BCUT2D eigenvalue weighted by atomic mass is 16.5. The molecule has 1 aromatic carbocycles. The van der Waals surface area contributed by atoms with Crippen LogP contribution in [-0.2, 0) is 11.3 Å². The maximum Gasteiger partial charge on any atom is 0.126 e. The number of nitrogens with one attached hydrogen (secondary N) is 1. The molecule has 1 aliphatic carbocycles. The van der Waals surface area contributed by atoms with Crippen molar-refractivity contribution >= 4 is 11.5 Å². The van der Waals surface area contributed by atoms with Gasteiger partial charge in [0.1, 0.15) is 11.6 Å². The van der Waals surface area contributed by atoms with Gasteiger partial charge in [-0.3, -0.25) is 0 Å². The van der Waals surface area contributed by atoms with Crippen molar-refractivity contribution < 1.29 is 9.47 Å². The molecule has 2 heterocycles. The Morgan fingerprint density at radius 3 is 2.56 bits per heavy atom. The Kier molecular flexibility index (Phi) is 5.02. The summed E-state index contributed by atoms with van der Waals surface area (Å²) < 4.78 is 11.2. The first kappa shape index (κ1) is 16.2. The SMILES string of the molecule is c1cc(OCC2CC2)ccc1CNc1ccc(N2CCOCC2)cn1. The topological polar surface area (TPSA) is 46.6 Å². The Hall–Kier alpha value is -2.27. The molecule has 2 aliphatic rings. The average Bonchev–Trinajstić information content (AvgIpc) is 3.51. The first-order chi connectivity index (χ1) is 12.4. The van der Waals surface area contributed by atoms with Gasteiger partial charge >= 0.3 is 0 Å². The highest BCUT2D eigenvalue weighted by Crippen LogP contribution is 2.29. The lowest BCUT2D eigenvalue weighted by atomic mass is 10.2. The normalized spacial score (nSPS) is 17.4. The smallest absolute Gasteiger partial charge is 0.126 e. The van der Waals surface area contributed by atoms with E-state index in [-0.39, 0.29) is 0 Å². The van der Waals surface area contributed by atoms with Gasteiger partial charge in [0.15, 0.2) is 0 Å². The van der Waals surface area contributed by atoms with Crippen molar-refractivity contribution in [3.05, 3.63) is 48.2 Å². The van der Waals surface area contributed by atoms with Crippen LogP contribution in [0.5, 0.6) is 5.75 Å². The van der Waals surface area contributed by atoms with Crippen LogP contribution in [0.4, 0.5) is 11.5 Å². The number of aromatic nitrogens is 1. The van der Waals surface area contributed by atoms with Crippen molar-refractivity contribution in [1.29, 1.82) is 0 Å². The van der Waals surface area contributed by atoms with E-state index in [0.29, 0.717) is 0 Å². The molecule has 5 heteroatoms. The molecule has 25 heavy (non-hydrogen) atoms. The molecule has 0 unspecified atom stereocenters. The van der Waals surface area contributed by atoms with Crippen molar-refractivity contribution in [3.63, 3.8) is 0 Å². The summed E-state index contributed by atoms with van der Waals surface area (Å²) in [6, 6.07) is 12.5. The van der Waals surface area contributed by atoms with Crippen LogP contribution in [0.1, 0.15) is 18.4 Å².